The van der Waals surface area contributed by atoms with Crippen LogP contribution in [0.25, 0.3) is 0 Å². The third kappa shape index (κ3) is 4.11. The second kappa shape index (κ2) is 6.74. The lowest BCUT2D eigenvalue weighted by atomic mass is 10.1. The van der Waals surface area contributed by atoms with Crippen molar-refractivity contribution in [3.63, 3.8) is 0 Å². The normalized spacial score (nSPS) is 12.2. The molecular weight excluding hydrogens is 286 g/mol. The lowest BCUT2D eigenvalue weighted by Gasteiger charge is -2.12. The lowest BCUT2D eigenvalue weighted by Crippen LogP contribution is -2.28. The summed E-state index contributed by atoms with van der Waals surface area (Å²) in [7, 11) is 1.36. The maximum atomic E-state index is 11.3. The number of carbonyl (C=O) groups excluding carboxylic acids is 1. The Balaban J connectivity index is 2.73. The molecule has 4 nitrogen and oxygen atoms in total. The molecule has 0 unspecified atom stereocenters. The highest BCUT2D eigenvalue weighted by atomic mass is 79.9. The van der Waals surface area contributed by atoms with Crippen molar-refractivity contribution in [2.75, 3.05) is 13.7 Å². The fraction of sp³-hybridized carbons (Fsp3) is 0.417. The summed E-state index contributed by atoms with van der Waals surface area (Å²) in [6.45, 7) is 2.62. The van der Waals surface area contributed by atoms with Crippen molar-refractivity contribution in [3.05, 3.63) is 33.8 Å². The minimum atomic E-state index is -0.353. The highest BCUT2D eigenvalue weighted by molar-refractivity contribution is 9.10. The molecule has 0 radical (unpaired) electrons. The molecule has 0 saturated carbocycles. The van der Waals surface area contributed by atoms with Crippen LogP contribution in [0.4, 0.5) is 0 Å². The summed E-state index contributed by atoms with van der Waals surface area (Å²) < 4.78 is 5.48. The average molecular weight is 302 g/mol. The number of benzene rings is 1. The summed E-state index contributed by atoms with van der Waals surface area (Å²) in [6, 6.07) is 5.35. The third-order valence-corrected chi connectivity index (χ3v) is 3.13. The fourth-order valence-electron chi connectivity index (χ4n) is 1.28. The number of carbonyl (C=O) groups is 1. The number of nitrogens with one attached hydrogen (secondary N) is 1. The monoisotopic (exact) mass is 301 g/mol. The summed E-state index contributed by atoms with van der Waals surface area (Å²) in [4.78, 5) is 11.3. The number of aliphatic hydroxyl groups is 1. The predicted molar refractivity (Wildman–Crippen MR) is 68.9 cm³/mol. The van der Waals surface area contributed by atoms with Crippen molar-refractivity contribution in [3.8, 4) is 0 Å². The Labute approximate surface area is 109 Å². The van der Waals surface area contributed by atoms with Gasteiger partial charge in [-0.05, 0) is 24.6 Å². The van der Waals surface area contributed by atoms with Crippen molar-refractivity contribution in [1.82, 2.24) is 5.32 Å². The molecule has 0 aromatic heterocycles. The van der Waals surface area contributed by atoms with Gasteiger partial charge in [-0.1, -0.05) is 22.0 Å². The molecule has 0 fully saturated rings. The van der Waals surface area contributed by atoms with Gasteiger partial charge in [0.1, 0.15) is 0 Å². The second-order valence-corrected chi connectivity index (χ2v) is 4.62. The van der Waals surface area contributed by atoms with Gasteiger partial charge < -0.3 is 15.2 Å². The molecule has 2 N–H and O–H groups in total. The number of hydrogen-bond donors (Lipinski definition) is 2. The molecule has 0 aliphatic heterocycles. The smallest absolute Gasteiger partial charge is 0.337 e. The van der Waals surface area contributed by atoms with Crippen LogP contribution >= 0.6 is 15.9 Å². The Morgan fingerprint density at radius 1 is 1.59 bits per heavy atom. The Hall–Kier alpha value is -0.910. The number of hydrogen-bond acceptors (Lipinski definition) is 4. The maximum absolute atomic E-state index is 11.3. The Bertz CT molecular complexity index is 395. The molecule has 94 valence electrons. The van der Waals surface area contributed by atoms with Crippen LogP contribution in [0.5, 0.6) is 0 Å². The fourth-order valence-corrected chi connectivity index (χ4v) is 1.80. The molecule has 17 heavy (non-hydrogen) atoms. The summed E-state index contributed by atoms with van der Waals surface area (Å²) in [5.74, 6) is -0.353. The molecule has 0 heterocycles. The SMILES string of the molecule is COC(=O)c1ccc(CN[C@H](C)CO)c(Br)c1. The zero-order chi connectivity index (χ0) is 12.8. The van der Waals surface area contributed by atoms with Crippen LogP contribution in [0, 0.1) is 0 Å². The van der Waals surface area contributed by atoms with E-state index >= 15 is 0 Å². The van der Waals surface area contributed by atoms with Gasteiger partial charge in [-0.3, -0.25) is 0 Å². The van der Waals surface area contributed by atoms with Gasteiger partial charge in [0.2, 0.25) is 0 Å². The maximum Gasteiger partial charge on any atom is 0.337 e. The van der Waals surface area contributed by atoms with E-state index in [1.807, 2.05) is 13.0 Å². The first-order valence-corrected chi connectivity index (χ1v) is 6.08. The van der Waals surface area contributed by atoms with E-state index in [9.17, 15) is 4.79 Å². The van der Waals surface area contributed by atoms with E-state index in [0.717, 1.165) is 10.0 Å². The van der Waals surface area contributed by atoms with Gasteiger partial charge in [0.25, 0.3) is 0 Å². The van der Waals surface area contributed by atoms with Crippen molar-refractivity contribution in [2.24, 2.45) is 0 Å². The first-order chi connectivity index (χ1) is 8.08. The van der Waals surface area contributed by atoms with E-state index in [4.69, 9.17) is 5.11 Å². The predicted octanol–water partition coefficient (Wildman–Crippen LogP) is 1.71. The van der Waals surface area contributed by atoms with Crippen molar-refractivity contribution < 1.29 is 14.6 Å². The molecule has 0 bridgehead atoms. The van der Waals surface area contributed by atoms with Gasteiger partial charge >= 0.3 is 5.97 Å². The van der Waals surface area contributed by atoms with Gasteiger partial charge in [0.15, 0.2) is 0 Å². The van der Waals surface area contributed by atoms with Gasteiger partial charge in [-0.2, -0.15) is 0 Å². The van der Waals surface area contributed by atoms with Crippen LogP contribution in [-0.2, 0) is 11.3 Å². The number of aliphatic hydroxyl groups excluding tert-OH is 1. The second-order valence-electron chi connectivity index (χ2n) is 3.76. The summed E-state index contributed by atoms with van der Waals surface area (Å²) >= 11 is 3.41. The van der Waals surface area contributed by atoms with Crippen LogP contribution in [0.3, 0.4) is 0 Å². The quantitative estimate of drug-likeness (QED) is 0.813. The number of rotatable bonds is 5. The van der Waals surface area contributed by atoms with Crippen LogP contribution in [0.1, 0.15) is 22.8 Å². The van der Waals surface area contributed by atoms with Crippen molar-refractivity contribution in [2.45, 2.75) is 19.5 Å². The number of ether oxygens (including phenoxy) is 1. The van der Waals surface area contributed by atoms with Crippen LogP contribution in [0.2, 0.25) is 0 Å². The number of esters is 1. The number of halogens is 1. The van der Waals surface area contributed by atoms with Gasteiger partial charge in [0, 0.05) is 17.1 Å². The molecule has 0 aliphatic carbocycles. The molecule has 0 amide bonds. The van der Waals surface area contributed by atoms with Crippen LogP contribution in [0.15, 0.2) is 22.7 Å². The van der Waals surface area contributed by atoms with Crippen molar-refractivity contribution in [1.29, 1.82) is 0 Å². The first-order valence-electron chi connectivity index (χ1n) is 5.29. The van der Waals surface area contributed by atoms with Crippen molar-refractivity contribution >= 4 is 21.9 Å². The van der Waals surface area contributed by atoms with E-state index in [0.29, 0.717) is 12.1 Å². The largest absolute Gasteiger partial charge is 0.465 e. The van der Waals surface area contributed by atoms with Gasteiger partial charge in [-0.15, -0.1) is 0 Å². The Morgan fingerprint density at radius 3 is 2.82 bits per heavy atom. The topological polar surface area (TPSA) is 58.6 Å². The molecule has 1 rings (SSSR count). The zero-order valence-corrected chi connectivity index (χ0v) is 11.5. The highest BCUT2D eigenvalue weighted by Crippen LogP contribution is 2.19. The summed E-state index contributed by atoms with van der Waals surface area (Å²) in [5, 5.41) is 12.1. The third-order valence-electron chi connectivity index (χ3n) is 2.39. The molecule has 1 aromatic carbocycles. The van der Waals surface area contributed by atoms with Crippen LogP contribution < -0.4 is 5.32 Å². The molecular formula is C12H16BrNO3. The standard InChI is InChI=1S/C12H16BrNO3/c1-8(7-15)14-6-10-4-3-9(5-11(10)13)12(16)17-2/h3-5,8,14-15H,6-7H2,1-2H3/t8-/m1/s1. The minimum Gasteiger partial charge on any atom is -0.465 e. The summed E-state index contributed by atoms with van der Waals surface area (Å²) in [5.41, 5.74) is 1.54. The molecule has 0 spiro atoms. The van der Waals surface area contributed by atoms with E-state index in [2.05, 4.69) is 26.0 Å². The van der Waals surface area contributed by atoms with E-state index in [-0.39, 0.29) is 18.6 Å². The van der Waals surface area contributed by atoms with Gasteiger partial charge in [0.05, 0.1) is 19.3 Å². The molecule has 0 aliphatic rings. The van der Waals surface area contributed by atoms with E-state index in [1.54, 1.807) is 12.1 Å². The summed E-state index contributed by atoms with van der Waals surface area (Å²) in [6.07, 6.45) is 0. The molecule has 1 atom stereocenters. The molecule has 0 saturated heterocycles. The lowest BCUT2D eigenvalue weighted by molar-refractivity contribution is 0.0600. The van der Waals surface area contributed by atoms with Gasteiger partial charge in [-0.25, -0.2) is 4.79 Å². The van der Waals surface area contributed by atoms with E-state index in [1.165, 1.54) is 7.11 Å². The minimum absolute atomic E-state index is 0.0437. The molecule has 5 heteroatoms. The Morgan fingerprint density at radius 2 is 2.29 bits per heavy atom. The zero-order valence-electron chi connectivity index (χ0n) is 9.87. The highest BCUT2D eigenvalue weighted by Gasteiger charge is 2.08. The number of methoxy groups -OCH3 is 1. The average Bonchev–Trinajstić information content (AvgIpc) is 2.35. The Kier molecular flexibility index (Phi) is 5.61. The first kappa shape index (κ1) is 14.2. The van der Waals surface area contributed by atoms with Crippen LogP contribution in [-0.4, -0.2) is 30.8 Å². The molecule has 1 aromatic rings. The van der Waals surface area contributed by atoms with E-state index < -0.39 is 0 Å².